The molecule has 2 aliphatic rings. The number of nitrogens with one attached hydrogen (secondary N) is 2. The third kappa shape index (κ3) is 9.55. The van der Waals surface area contributed by atoms with Gasteiger partial charge in [0, 0.05) is 45.4 Å². The van der Waals surface area contributed by atoms with Crippen LogP contribution in [0.25, 0.3) is 33.9 Å². The van der Waals surface area contributed by atoms with Crippen LogP contribution in [0.2, 0.25) is 20.1 Å². The van der Waals surface area contributed by atoms with E-state index in [2.05, 4.69) is 16.7 Å². The Morgan fingerprint density at radius 3 is 1.62 bits per heavy atom. The summed E-state index contributed by atoms with van der Waals surface area (Å²) in [6.07, 6.45) is 4.34. The summed E-state index contributed by atoms with van der Waals surface area (Å²) in [6, 6.07) is 22.6. The van der Waals surface area contributed by atoms with Gasteiger partial charge in [0.1, 0.15) is 0 Å². The third-order valence-electron chi connectivity index (χ3n) is 10.2. The van der Waals surface area contributed by atoms with Crippen LogP contribution < -0.4 is 10.6 Å². The average molecular weight is 945 g/mol. The van der Waals surface area contributed by atoms with Crippen molar-refractivity contribution in [2.45, 2.75) is 49.8 Å². The maximum Gasteiger partial charge on any atom is 0.425 e. The normalized spacial score (nSPS) is 12.9. The lowest BCUT2D eigenvalue weighted by molar-refractivity contribution is 0.0945. The molecule has 14 nitrogen and oxygen atoms in total. The lowest BCUT2D eigenvalue weighted by Crippen LogP contribution is -2.31. The zero-order valence-electron chi connectivity index (χ0n) is 31.8. The highest BCUT2D eigenvalue weighted by Gasteiger charge is 2.31. The molecule has 0 saturated heterocycles. The Kier molecular flexibility index (Phi) is 13.3. The minimum atomic E-state index is -4.44. The Bertz CT molecular complexity index is 2950. The van der Waals surface area contributed by atoms with Crippen molar-refractivity contribution in [1.82, 2.24) is 30.2 Å². The highest BCUT2D eigenvalue weighted by Crippen LogP contribution is 2.40. The van der Waals surface area contributed by atoms with Gasteiger partial charge < -0.3 is 10.6 Å². The first-order valence-electron chi connectivity index (χ1n) is 18.8. The summed E-state index contributed by atoms with van der Waals surface area (Å²) >= 11 is 25.7. The minimum Gasteiger partial charge on any atom is -0.351 e. The van der Waals surface area contributed by atoms with E-state index in [1.807, 2.05) is 18.2 Å². The van der Waals surface area contributed by atoms with Crippen LogP contribution in [0.15, 0.2) is 83.8 Å². The number of nitrogens with zero attached hydrogens (tertiary/aromatic N) is 4. The van der Waals surface area contributed by atoms with Crippen molar-refractivity contribution < 1.29 is 35.2 Å². The lowest BCUT2D eigenvalue weighted by Gasteiger charge is -2.13. The monoisotopic (exact) mass is 942 g/mol. The summed E-state index contributed by atoms with van der Waals surface area (Å²) in [5.74, 6) is -0.748. The van der Waals surface area contributed by atoms with Gasteiger partial charge in [-0.25, -0.2) is 9.36 Å². The zero-order chi connectivity index (χ0) is 43.6. The molecule has 0 atom stereocenters. The fourth-order valence-corrected chi connectivity index (χ4v) is 9.16. The van der Waals surface area contributed by atoms with Crippen molar-refractivity contribution >= 4 is 78.9 Å². The van der Waals surface area contributed by atoms with Gasteiger partial charge >= 0.3 is 10.6 Å². The average Bonchev–Trinajstić information content (AvgIpc) is 3.61. The van der Waals surface area contributed by atoms with E-state index in [4.69, 9.17) is 69.2 Å². The number of carbonyl (C=O) groups is 2. The van der Waals surface area contributed by atoms with Crippen LogP contribution in [-0.2, 0) is 46.4 Å². The van der Waals surface area contributed by atoms with E-state index in [9.17, 15) is 22.6 Å². The molecule has 0 bridgehead atoms. The third-order valence-corrected chi connectivity index (χ3v) is 12.2. The van der Waals surface area contributed by atoms with Crippen molar-refractivity contribution in [3.05, 3.63) is 133 Å². The van der Waals surface area contributed by atoms with Gasteiger partial charge in [0.05, 0.1) is 37.7 Å². The van der Waals surface area contributed by atoms with Crippen LogP contribution in [-0.4, -0.2) is 70.1 Å². The molecule has 2 amide bonds. The van der Waals surface area contributed by atoms with Gasteiger partial charge in [-0.15, -0.1) is 12.6 Å². The van der Waals surface area contributed by atoms with Crippen LogP contribution in [0, 0.1) is 0 Å². The molecule has 2 heterocycles. The van der Waals surface area contributed by atoms with Gasteiger partial charge in [-0.2, -0.15) is 18.6 Å². The molecule has 61 heavy (non-hydrogen) atoms. The van der Waals surface area contributed by atoms with E-state index in [-0.39, 0.29) is 29.6 Å². The Labute approximate surface area is 371 Å². The molecule has 3 N–H and O–H groups in total. The van der Waals surface area contributed by atoms with Gasteiger partial charge in [0.2, 0.25) is 0 Å². The molecule has 0 fully saturated rings. The summed E-state index contributed by atoms with van der Waals surface area (Å²) in [6.45, 7) is 0.493. The van der Waals surface area contributed by atoms with E-state index in [1.165, 1.54) is 17.7 Å². The number of fused-ring (bicyclic) bond motifs is 6. The first-order valence-corrected chi connectivity index (χ1v) is 22.7. The summed E-state index contributed by atoms with van der Waals surface area (Å²) in [7, 11) is -7.55. The fraction of sp³-hybridized carbons (Fsp3) is 0.220. The number of aryl methyl sites for hydroxylation is 2. The Morgan fingerprint density at radius 1 is 0.656 bits per heavy atom. The first-order chi connectivity index (χ1) is 29.1. The van der Waals surface area contributed by atoms with Crippen molar-refractivity contribution in [3.63, 3.8) is 0 Å². The molecule has 4 aromatic carbocycles. The number of aromatic nitrogens is 4. The Morgan fingerprint density at radius 2 is 1.13 bits per heavy atom. The van der Waals surface area contributed by atoms with Gasteiger partial charge in [-0.05, 0) is 105 Å². The molecule has 6 aromatic rings. The molecule has 8 rings (SSSR count). The summed E-state index contributed by atoms with van der Waals surface area (Å²) in [5, 5.41) is 17.1. The molecule has 20 heteroatoms. The number of benzene rings is 4. The molecule has 316 valence electrons. The van der Waals surface area contributed by atoms with E-state index < -0.39 is 26.6 Å². The number of amides is 2. The highest BCUT2D eigenvalue weighted by molar-refractivity contribution is 7.85. The second kappa shape index (κ2) is 18.5. The summed E-state index contributed by atoms with van der Waals surface area (Å²) in [4.78, 5) is 27.4. The number of hydrogen-bond donors (Lipinski definition) is 3. The SMILES string of the molecule is O=C(NCCCNC(=O)c1nn(-c2ccc(Cl)cc2Cl)c2c1CCCc1cc(S(=O)(=O)O)ccc1-2)c1nn(-c2ccc(Cl)cc2Cl)c2c1CCCc1ccccc1-2.O=S(=O)=O. The topological polar surface area (TPSA) is 199 Å². The number of hydrogen-bond acceptors (Lipinski definition) is 9. The van der Waals surface area contributed by atoms with Crippen LogP contribution in [0.3, 0.4) is 0 Å². The highest BCUT2D eigenvalue weighted by atomic mass is 35.5. The molecule has 2 aliphatic carbocycles. The van der Waals surface area contributed by atoms with Gasteiger partial charge in [-0.1, -0.05) is 76.7 Å². The van der Waals surface area contributed by atoms with Crippen LogP contribution in [0.1, 0.15) is 62.5 Å². The van der Waals surface area contributed by atoms with Crippen molar-refractivity contribution in [2.24, 2.45) is 0 Å². The Hall–Kier alpha value is -5.07. The molecule has 0 saturated carbocycles. The first kappa shape index (κ1) is 44.0. The minimum absolute atomic E-state index is 0.195. The van der Waals surface area contributed by atoms with E-state index in [1.54, 1.807) is 51.8 Å². The van der Waals surface area contributed by atoms with Crippen molar-refractivity contribution in [3.8, 4) is 33.9 Å². The predicted molar refractivity (Wildman–Crippen MR) is 231 cm³/mol. The van der Waals surface area contributed by atoms with E-state index in [0.29, 0.717) is 91.6 Å². The molecule has 0 aliphatic heterocycles. The van der Waals surface area contributed by atoms with Crippen molar-refractivity contribution in [1.29, 1.82) is 0 Å². The van der Waals surface area contributed by atoms with Gasteiger partial charge in [-0.3, -0.25) is 14.1 Å². The standard InChI is InChI=1S/C41H34Cl4N6O5S.O3S/c42-25-12-16-34(32(44)21-25)50-38-28-9-2-1-6-23(28)7-3-10-30(38)36(48-50)40(52)46-18-5-19-47-41(53)37-31-11-4-8-24-20-27(57(54,55)56)14-15-29(24)39(31)51(49-37)35-17-13-26(43)22-33(35)45;1-4(2)3/h1-2,6,9,12-17,20-22H,3-5,7-8,10-11,18-19H2,(H,46,52)(H,47,53)(H,54,55,56);. The summed E-state index contributed by atoms with van der Waals surface area (Å²) < 4.78 is 62.3. The Balaban J connectivity index is 0.00000134. The fourth-order valence-electron chi connectivity index (χ4n) is 7.66. The molecule has 0 unspecified atom stereocenters. The second-order valence-corrected chi connectivity index (χ2v) is 17.6. The number of rotatable bonds is 9. The number of carbonyl (C=O) groups excluding carboxylic acids is 2. The van der Waals surface area contributed by atoms with Gasteiger partial charge in [0.25, 0.3) is 21.9 Å². The quantitative estimate of drug-likeness (QED) is 0.0950. The van der Waals surface area contributed by atoms with E-state index in [0.717, 1.165) is 29.7 Å². The van der Waals surface area contributed by atoms with E-state index >= 15 is 0 Å². The molecule has 0 spiro atoms. The zero-order valence-corrected chi connectivity index (χ0v) is 36.4. The lowest BCUT2D eigenvalue weighted by atomic mass is 10.0. The number of halogens is 4. The maximum absolute atomic E-state index is 13.8. The largest absolute Gasteiger partial charge is 0.425 e. The molecular formula is C41H34Cl4N6O8S2. The molecule has 0 radical (unpaired) electrons. The predicted octanol–water partition coefficient (Wildman–Crippen LogP) is 7.78. The molecular weight excluding hydrogens is 910 g/mol. The second-order valence-electron chi connectivity index (χ2n) is 14.1. The van der Waals surface area contributed by atoms with Crippen LogP contribution in [0.4, 0.5) is 0 Å². The maximum atomic E-state index is 13.8. The van der Waals surface area contributed by atoms with Crippen LogP contribution >= 0.6 is 46.4 Å². The van der Waals surface area contributed by atoms with Gasteiger partial charge in [0.15, 0.2) is 11.4 Å². The summed E-state index contributed by atoms with van der Waals surface area (Å²) in [5.41, 5.74) is 8.03. The van der Waals surface area contributed by atoms with Crippen molar-refractivity contribution in [2.75, 3.05) is 13.1 Å². The van der Waals surface area contributed by atoms with Crippen LogP contribution in [0.5, 0.6) is 0 Å². The molecule has 2 aromatic heterocycles. The smallest absolute Gasteiger partial charge is 0.351 e.